The quantitative estimate of drug-likeness (QED) is 0.873. The van der Waals surface area contributed by atoms with Gasteiger partial charge in [-0.05, 0) is 31.2 Å². The number of anilines is 1. The van der Waals surface area contributed by atoms with Crippen LogP contribution in [0.15, 0.2) is 36.8 Å². The van der Waals surface area contributed by atoms with Gasteiger partial charge in [-0.3, -0.25) is 0 Å². The van der Waals surface area contributed by atoms with Gasteiger partial charge in [-0.15, -0.1) is 0 Å². The molecule has 0 saturated carbocycles. The first-order valence-corrected chi connectivity index (χ1v) is 5.26. The van der Waals surface area contributed by atoms with Gasteiger partial charge in [0.25, 0.3) is 0 Å². The van der Waals surface area contributed by atoms with Gasteiger partial charge in [0.15, 0.2) is 0 Å². The maximum absolute atomic E-state index is 5.67. The topological polar surface area (TPSA) is 70.3 Å². The lowest BCUT2D eigenvalue weighted by Crippen LogP contribution is -1.96. The van der Waals surface area contributed by atoms with Crippen LogP contribution in [-0.2, 0) is 0 Å². The van der Waals surface area contributed by atoms with Gasteiger partial charge < -0.3 is 15.2 Å². The molecule has 0 aliphatic carbocycles. The summed E-state index contributed by atoms with van der Waals surface area (Å²) in [6.45, 7) is 2.57. The molecule has 0 amide bonds. The van der Waals surface area contributed by atoms with Crippen molar-refractivity contribution >= 4 is 5.69 Å². The van der Waals surface area contributed by atoms with Gasteiger partial charge in [-0.1, -0.05) is 0 Å². The number of hydrogen-bond donors (Lipinski definition) is 1. The molecule has 1 heterocycles. The molecule has 2 aromatic rings. The van der Waals surface area contributed by atoms with Crippen molar-refractivity contribution in [2.45, 2.75) is 6.92 Å². The third-order valence-corrected chi connectivity index (χ3v) is 2.05. The van der Waals surface area contributed by atoms with Gasteiger partial charge in [-0.25, -0.2) is 4.98 Å². The van der Waals surface area contributed by atoms with Crippen molar-refractivity contribution < 1.29 is 9.47 Å². The molecule has 0 radical (unpaired) electrons. The molecule has 0 atom stereocenters. The third kappa shape index (κ3) is 2.84. The molecule has 2 N–H and O–H groups in total. The Bertz CT molecular complexity index is 485. The van der Waals surface area contributed by atoms with Crippen LogP contribution < -0.4 is 15.2 Å². The molecular formula is C12H13N3O2. The standard InChI is InChI=1S/C12H13N3O2/c1-2-16-9-3-5-10(6-4-9)17-12-11(13)7-14-8-15-12/h3-8H,2,13H2,1H3. The summed E-state index contributed by atoms with van der Waals surface area (Å²) in [4.78, 5) is 7.73. The van der Waals surface area contributed by atoms with E-state index in [-0.39, 0.29) is 0 Å². The average molecular weight is 231 g/mol. The highest BCUT2D eigenvalue weighted by Crippen LogP contribution is 2.25. The maximum Gasteiger partial charge on any atom is 0.245 e. The summed E-state index contributed by atoms with van der Waals surface area (Å²) in [5, 5.41) is 0. The molecule has 2 rings (SSSR count). The first-order valence-electron chi connectivity index (χ1n) is 5.26. The molecule has 1 aromatic heterocycles. The molecule has 0 unspecified atom stereocenters. The first kappa shape index (κ1) is 11.2. The summed E-state index contributed by atoms with van der Waals surface area (Å²) in [5.74, 6) is 1.80. The monoisotopic (exact) mass is 231 g/mol. The summed E-state index contributed by atoms with van der Waals surface area (Å²) < 4.78 is 10.8. The Morgan fingerprint density at radius 3 is 2.53 bits per heavy atom. The van der Waals surface area contributed by atoms with E-state index in [2.05, 4.69) is 9.97 Å². The highest BCUT2D eigenvalue weighted by atomic mass is 16.5. The minimum Gasteiger partial charge on any atom is -0.494 e. The highest BCUT2D eigenvalue weighted by molar-refractivity contribution is 5.47. The summed E-state index contributed by atoms with van der Waals surface area (Å²) in [6.07, 6.45) is 2.89. The van der Waals surface area contributed by atoms with Crippen molar-refractivity contribution in [3.63, 3.8) is 0 Å². The van der Waals surface area contributed by atoms with Crippen molar-refractivity contribution in [1.29, 1.82) is 0 Å². The van der Waals surface area contributed by atoms with Gasteiger partial charge in [0.2, 0.25) is 5.88 Å². The largest absolute Gasteiger partial charge is 0.494 e. The smallest absolute Gasteiger partial charge is 0.245 e. The van der Waals surface area contributed by atoms with Crippen molar-refractivity contribution in [3.8, 4) is 17.4 Å². The Morgan fingerprint density at radius 1 is 1.18 bits per heavy atom. The Kier molecular flexibility index (Phi) is 3.40. The zero-order valence-electron chi connectivity index (χ0n) is 9.46. The van der Waals surface area contributed by atoms with Crippen LogP contribution in [0.3, 0.4) is 0 Å². The number of nitrogens with zero attached hydrogens (tertiary/aromatic N) is 2. The molecule has 5 nitrogen and oxygen atoms in total. The van der Waals surface area contributed by atoms with Crippen LogP contribution in [0.4, 0.5) is 5.69 Å². The van der Waals surface area contributed by atoms with Crippen molar-refractivity contribution in [3.05, 3.63) is 36.8 Å². The Morgan fingerprint density at radius 2 is 1.88 bits per heavy atom. The van der Waals surface area contributed by atoms with Crippen molar-refractivity contribution in [1.82, 2.24) is 9.97 Å². The molecule has 0 bridgehead atoms. The van der Waals surface area contributed by atoms with E-state index < -0.39 is 0 Å². The van der Waals surface area contributed by atoms with Crippen LogP contribution in [0, 0.1) is 0 Å². The van der Waals surface area contributed by atoms with E-state index in [1.54, 1.807) is 12.1 Å². The number of nitrogen functional groups attached to an aromatic ring is 1. The number of nitrogens with two attached hydrogens (primary N) is 1. The SMILES string of the molecule is CCOc1ccc(Oc2ncncc2N)cc1. The molecule has 0 fully saturated rings. The fourth-order valence-corrected chi connectivity index (χ4v) is 1.30. The molecule has 0 aliphatic rings. The van der Waals surface area contributed by atoms with Crippen LogP contribution in [0.1, 0.15) is 6.92 Å². The Balaban J connectivity index is 2.11. The third-order valence-electron chi connectivity index (χ3n) is 2.05. The predicted octanol–water partition coefficient (Wildman–Crippen LogP) is 2.25. The van der Waals surface area contributed by atoms with Crippen molar-refractivity contribution in [2.24, 2.45) is 0 Å². The second-order valence-corrected chi connectivity index (χ2v) is 3.29. The lowest BCUT2D eigenvalue weighted by Gasteiger charge is -2.07. The van der Waals surface area contributed by atoms with Gasteiger partial charge >= 0.3 is 0 Å². The van der Waals surface area contributed by atoms with Crippen LogP contribution in [-0.4, -0.2) is 16.6 Å². The second-order valence-electron chi connectivity index (χ2n) is 3.29. The van der Waals surface area contributed by atoms with E-state index in [1.807, 2.05) is 19.1 Å². The molecule has 5 heteroatoms. The molecular weight excluding hydrogens is 218 g/mol. The Hall–Kier alpha value is -2.30. The lowest BCUT2D eigenvalue weighted by atomic mass is 10.3. The van der Waals surface area contributed by atoms with Crippen LogP contribution in [0.2, 0.25) is 0 Å². The molecule has 0 saturated heterocycles. The minimum absolute atomic E-state index is 0.351. The van der Waals surface area contributed by atoms with E-state index in [1.165, 1.54) is 12.5 Å². The van der Waals surface area contributed by atoms with Crippen molar-refractivity contribution in [2.75, 3.05) is 12.3 Å². The number of rotatable bonds is 4. The normalized spacial score (nSPS) is 9.94. The first-order chi connectivity index (χ1) is 8.29. The number of hydrogen-bond acceptors (Lipinski definition) is 5. The van der Waals surface area contributed by atoms with Gasteiger partial charge in [0.05, 0.1) is 12.8 Å². The fourth-order valence-electron chi connectivity index (χ4n) is 1.30. The lowest BCUT2D eigenvalue weighted by molar-refractivity contribution is 0.339. The van der Waals surface area contributed by atoms with Crippen LogP contribution >= 0.6 is 0 Å². The highest BCUT2D eigenvalue weighted by Gasteiger charge is 2.03. The molecule has 1 aromatic carbocycles. The zero-order valence-corrected chi connectivity index (χ0v) is 9.46. The Labute approximate surface area is 99.2 Å². The summed E-state index contributed by atoms with van der Waals surface area (Å²) >= 11 is 0. The van der Waals surface area contributed by atoms with E-state index in [9.17, 15) is 0 Å². The maximum atomic E-state index is 5.67. The minimum atomic E-state index is 0.351. The van der Waals surface area contributed by atoms with Crippen LogP contribution in [0.5, 0.6) is 17.4 Å². The van der Waals surface area contributed by atoms with E-state index in [4.69, 9.17) is 15.2 Å². The van der Waals surface area contributed by atoms with Gasteiger partial charge in [0.1, 0.15) is 23.5 Å². The molecule has 17 heavy (non-hydrogen) atoms. The number of benzene rings is 1. The van der Waals surface area contributed by atoms with E-state index in [0.29, 0.717) is 23.9 Å². The molecule has 88 valence electrons. The zero-order chi connectivity index (χ0) is 12.1. The summed E-state index contributed by atoms with van der Waals surface area (Å²) in [5.41, 5.74) is 6.08. The second kappa shape index (κ2) is 5.16. The molecule has 0 spiro atoms. The van der Waals surface area contributed by atoms with Gasteiger partial charge in [0, 0.05) is 0 Å². The number of ether oxygens (including phenoxy) is 2. The van der Waals surface area contributed by atoms with E-state index in [0.717, 1.165) is 5.75 Å². The predicted molar refractivity (Wildman–Crippen MR) is 64.1 cm³/mol. The summed E-state index contributed by atoms with van der Waals surface area (Å²) in [6, 6.07) is 7.26. The van der Waals surface area contributed by atoms with Crippen LogP contribution in [0.25, 0.3) is 0 Å². The summed E-state index contributed by atoms with van der Waals surface area (Å²) in [7, 11) is 0. The average Bonchev–Trinajstić information content (AvgIpc) is 2.35. The van der Waals surface area contributed by atoms with E-state index >= 15 is 0 Å². The number of aromatic nitrogens is 2. The van der Waals surface area contributed by atoms with Gasteiger partial charge in [-0.2, -0.15) is 4.98 Å². The molecule has 0 aliphatic heterocycles. The fraction of sp³-hybridized carbons (Fsp3) is 0.167.